The van der Waals surface area contributed by atoms with Crippen molar-refractivity contribution in [3.63, 3.8) is 0 Å². The average Bonchev–Trinajstić information content (AvgIpc) is 2.48. The summed E-state index contributed by atoms with van der Waals surface area (Å²) in [5.41, 5.74) is 3.28. The molecular formula is C17H18N2O. The highest BCUT2D eigenvalue weighted by Gasteiger charge is 2.04. The fraction of sp³-hybridized carbons (Fsp3) is 0.294. The number of hydrogen-bond acceptors (Lipinski definition) is 3. The molecule has 102 valence electrons. The fourth-order valence-corrected chi connectivity index (χ4v) is 1.90. The van der Waals surface area contributed by atoms with Crippen molar-refractivity contribution in [1.82, 2.24) is 4.98 Å². The quantitative estimate of drug-likeness (QED) is 0.765. The van der Waals surface area contributed by atoms with Gasteiger partial charge in [0.25, 0.3) is 0 Å². The van der Waals surface area contributed by atoms with Crippen molar-refractivity contribution in [1.29, 1.82) is 5.26 Å². The lowest BCUT2D eigenvalue weighted by Gasteiger charge is -2.07. The summed E-state index contributed by atoms with van der Waals surface area (Å²) in [4.78, 5) is 4.46. The summed E-state index contributed by atoms with van der Waals surface area (Å²) in [6, 6.07) is 13.7. The fourth-order valence-electron chi connectivity index (χ4n) is 1.90. The molecule has 0 aliphatic rings. The number of rotatable bonds is 5. The van der Waals surface area contributed by atoms with Gasteiger partial charge in [0.1, 0.15) is 11.8 Å². The number of ether oxygens (including phenoxy) is 1. The number of benzene rings is 1. The number of aromatic nitrogens is 1. The van der Waals surface area contributed by atoms with Crippen LogP contribution in [0.5, 0.6) is 5.75 Å². The second-order valence-corrected chi connectivity index (χ2v) is 4.67. The van der Waals surface area contributed by atoms with Crippen LogP contribution in [0.15, 0.2) is 36.4 Å². The maximum Gasteiger partial charge on any atom is 0.119 e. The molecule has 1 aromatic carbocycles. The van der Waals surface area contributed by atoms with Gasteiger partial charge in [-0.25, -0.2) is 0 Å². The van der Waals surface area contributed by atoms with Crippen molar-refractivity contribution in [2.45, 2.75) is 26.7 Å². The van der Waals surface area contributed by atoms with Gasteiger partial charge in [0.15, 0.2) is 0 Å². The summed E-state index contributed by atoms with van der Waals surface area (Å²) in [5.74, 6) is 0.882. The van der Waals surface area contributed by atoms with E-state index in [2.05, 4.69) is 18.0 Å². The molecular weight excluding hydrogens is 248 g/mol. The van der Waals surface area contributed by atoms with Crippen molar-refractivity contribution in [2.24, 2.45) is 0 Å². The second-order valence-electron chi connectivity index (χ2n) is 4.67. The van der Waals surface area contributed by atoms with E-state index in [4.69, 9.17) is 10.00 Å². The van der Waals surface area contributed by atoms with Crippen LogP contribution in [0.2, 0.25) is 0 Å². The molecule has 3 heteroatoms. The van der Waals surface area contributed by atoms with Gasteiger partial charge in [-0.3, -0.25) is 4.98 Å². The maximum absolute atomic E-state index is 8.91. The topological polar surface area (TPSA) is 45.9 Å². The first-order valence-corrected chi connectivity index (χ1v) is 6.85. The Labute approximate surface area is 119 Å². The number of pyridine rings is 1. The van der Waals surface area contributed by atoms with E-state index >= 15 is 0 Å². The molecule has 0 unspecified atom stereocenters. The van der Waals surface area contributed by atoms with Crippen LogP contribution >= 0.6 is 0 Å². The molecule has 3 nitrogen and oxygen atoms in total. The van der Waals surface area contributed by atoms with E-state index in [1.165, 1.54) is 0 Å². The van der Waals surface area contributed by atoms with E-state index in [9.17, 15) is 0 Å². The van der Waals surface area contributed by atoms with Crippen molar-refractivity contribution in [3.05, 3.63) is 47.7 Å². The van der Waals surface area contributed by atoms with Gasteiger partial charge in [-0.05, 0) is 49.7 Å². The molecule has 0 aliphatic carbocycles. The van der Waals surface area contributed by atoms with Gasteiger partial charge in [0, 0.05) is 5.56 Å². The van der Waals surface area contributed by atoms with Crippen LogP contribution in [0, 0.1) is 18.3 Å². The van der Waals surface area contributed by atoms with E-state index in [1.54, 1.807) is 0 Å². The van der Waals surface area contributed by atoms with E-state index in [-0.39, 0.29) is 0 Å². The number of unbranched alkanes of at least 4 members (excludes halogenated alkanes) is 1. The standard InChI is InChI=1S/C17H18N2O/c1-3-4-11-20-16-8-5-14(6-9-16)17-10-7-15(12-18)13(2)19-17/h5-10H,3-4,11H2,1-2H3. The van der Waals surface area contributed by atoms with E-state index in [1.807, 2.05) is 43.3 Å². The Bertz CT molecular complexity index is 612. The van der Waals surface area contributed by atoms with Crippen LogP contribution in [-0.4, -0.2) is 11.6 Å². The molecule has 20 heavy (non-hydrogen) atoms. The third kappa shape index (κ3) is 3.36. The summed E-state index contributed by atoms with van der Waals surface area (Å²) < 4.78 is 5.63. The molecule has 0 radical (unpaired) electrons. The highest BCUT2D eigenvalue weighted by molar-refractivity contribution is 5.61. The zero-order valence-corrected chi connectivity index (χ0v) is 11.9. The predicted octanol–water partition coefficient (Wildman–Crippen LogP) is 4.11. The molecule has 0 atom stereocenters. The van der Waals surface area contributed by atoms with Crippen molar-refractivity contribution < 1.29 is 4.74 Å². The second kappa shape index (κ2) is 6.72. The lowest BCUT2D eigenvalue weighted by Crippen LogP contribution is -1.96. The largest absolute Gasteiger partial charge is 0.494 e. The van der Waals surface area contributed by atoms with Crippen LogP contribution in [0.3, 0.4) is 0 Å². The van der Waals surface area contributed by atoms with Gasteiger partial charge in [-0.2, -0.15) is 5.26 Å². The highest BCUT2D eigenvalue weighted by Crippen LogP contribution is 2.22. The number of nitrogens with zero attached hydrogens (tertiary/aromatic N) is 2. The molecule has 0 bridgehead atoms. The Balaban J connectivity index is 2.14. The molecule has 0 saturated heterocycles. The number of hydrogen-bond donors (Lipinski definition) is 0. The minimum Gasteiger partial charge on any atom is -0.494 e. The Morgan fingerprint density at radius 2 is 1.90 bits per heavy atom. The van der Waals surface area contributed by atoms with Crippen molar-refractivity contribution in [3.8, 4) is 23.1 Å². The highest BCUT2D eigenvalue weighted by atomic mass is 16.5. The Hall–Kier alpha value is -2.34. The molecule has 0 aliphatic heterocycles. The Morgan fingerprint density at radius 1 is 1.15 bits per heavy atom. The van der Waals surface area contributed by atoms with Crippen molar-refractivity contribution >= 4 is 0 Å². The smallest absolute Gasteiger partial charge is 0.119 e. The zero-order chi connectivity index (χ0) is 14.4. The molecule has 2 aromatic rings. The number of nitriles is 1. The van der Waals surface area contributed by atoms with Gasteiger partial charge < -0.3 is 4.74 Å². The zero-order valence-electron chi connectivity index (χ0n) is 11.9. The molecule has 2 rings (SSSR count). The van der Waals surface area contributed by atoms with E-state index in [0.29, 0.717) is 5.56 Å². The molecule has 0 fully saturated rings. The third-order valence-electron chi connectivity index (χ3n) is 3.12. The minimum absolute atomic E-state index is 0.619. The van der Waals surface area contributed by atoms with Crippen LogP contribution in [-0.2, 0) is 0 Å². The average molecular weight is 266 g/mol. The van der Waals surface area contributed by atoms with Gasteiger partial charge in [-0.15, -0.1) is 0 Å². The van der Waals surface area contributed by atoms with Crippen LogP contribution in [0.4, 0.5) is 0 Å². The molecule has 0 N–H and O–H groups in total. The third-order valence-corrected chi connectivity index (χ3v) is 3.12. The van der Waals surface area contributed by atoms with Crippen LogP contribution < -0.4 is 4.74 Å². The SMILES string of the molecule is CCCCOc1ccc(-c2ccc(C#N)c(C)n2)cc1. The van der Waals surface area contributed by atoms with Crippen molar-refractivity contribution in [2.75, 3.05) is 6.61 Å². The first-order valence-electron chi connectivity index (χ1n) is 6.85. The first kappa shape index (κ1) is 14.1. The molecule has 0 amide bonds. The van der Waals surface area contributed by atoms with Gasteiger partial charge in [0.2, 0.25) is 0 Å². The van der Waals surface area contributed by atoms with E-state index in [0.717, 1.165) is 42.1 Å². The monoisotopic (exact) mass is 266 g/mol. The molecule has 1 heterocycles. The lowest BCUT2D eigenvalue weighted by molar-refractivity contribution is 0.309. The van der Waals surface area contributed by atoms with Gasteiger partial charge in [-0.1, -0.05) is 13.3 Å². The van der Waals surface area contributed by atoms with Gasteiger partial charge >= 0.3 is 0 Å². The molecule has 0 saturated carbocycles. The van der Waals surface area contributed by atoms with Gasteiger partial charge in [0.05, 0.1) is 23.6 Å². The summed E-state index contributed by atoms with van der Waals surface area (Å²) in [6.45, 7) is 4.75. The summed E-state index contributed by atoms with van der Waals surface area (Å²) in [6.07, 6.45) is 2.20. The Morgan fingerprint density at radius 3 is 2.50 bits per heavy atom. The Kier molecular flexibility index (Phi) is 4.73. The van der Waals surface area contributed by atoms with E-state index < -0.39 is 0 Å². The van der Waals surface area contributed by atoms with Crippen LogP contribution in [0.1, 0.15) is 31.0 Å². The summed E-state index contributed by atoms with van der Waals surface area (Å²) in [7, 11) is 0. The minimum atomic E-state index is 0.619. The molecule has 1 aromatic heterocycles. The summed E-state index contributed by atoms with van der Waals surface area (Å²) >= 11 is 0. The summed E-state index contributed by atoms with van der Waals surface area (Å²) in [5, 5.41) is 8.91. The lowest BCUT2D eigenvalue weighted by atomic mass is 10.1. The normalized spacial score (nSPS) is 10.1. The maximum atomic E-state index is 8.91. The van der Waals surface area contributed by atoms with Crippen LogP contribution in [0.25, 0.3) is 11.3 Å². The predicted molar refractivity (Wildman–Crippen MR) is 79.5 cm³/mol. The first-order chi connectivity index (χ1) is 9.74. The molecule has 0 spiro atoms. The number of aryl methyl sites for hydroxylation is 1.